The first-order valence-electron chi connectivity index (χ1n) is 6.99. The molecular weight excluding hydrogens is 216 g/mol. The van der Waals surface area contributed by atoms with Gasteiger partial charge in [-0.25, -0.2) is 0 Å². The summed E-state index contributed by atoms with van der Waals surface area (Å²) in [5.41, 5.74) is 0. The number of carbonyl (C=O) groups is 1. The van der Waals surface area contributed by atoms with Crippen molar-refractivity contribution in [2.24, 2.45) is 11.8 Å². The van der Waals surface area contributed by atoms with Gasteiger partial charge in [0.1, 0.15) is 5.78 Å². The number of ether oxygens (including phenoxy) is 2. The zero-order valence-electron chi connectivity index (χ0n) is 10.8. The van der Waals surface area contributed by atoms with Gasteiger partial charge >= 0.3 is 0 Å². The van der Waals surface area contributed by atoms with Gasteiger partial charge in [0, 0.05) is 32.7 Å². The lowest BCUT2D eigenvalue weighted by Gasteiger charge is -2.34. The smallest absolute Gasteiger partial charge is 0.133 e. The van der Waals surface area contributed by atoms with Crippen molar-refractivity contribution in [3.63, 3.8) is 0 Å². The Kier molecular flexibility index (Phi) is 4.99. The molecule has 1 saturated heterocycles. The van der Waals surface area contributed by atoms with Crippen molar-refractivity contribution < 1.29 is 14.3 Å². The first-order chi connectivity index (χ1) is 8.28. The Morgan fingerprint density at radius 1 is 1.18 bits per heavy atom. The molecule has 98 valence electrons. The van der Waals surface area contributed by atoms with Gasteiger partial charge in [0.15, 0.2) is 0 Å². The van der Waals surface area contributed by atoms with Crippen LogP contribution >= 0.6 is 0 Å². The fourth-order valence-electron chi connectivity index (χ4n) is 2.89. The SMILES string of the molecule is CCOC1CC(CC(=O)CC2CCOCC2)C1. The Labute approximate surface area is 104 Å². The molecule has 1 saturated carbocycles. The van der Waals surface area contributed by atoms with Crippen LogP contribution in [0.2, 0.25) is 0 Å². The van der Waals surface area contributed by atoms with Gasteiger partial charge in [0.05, 0.1) is 6.10 Å². The zero-order valence-corrected chi connectivity index (χ0v) is 10.8. The molecule has 3 heteroatoms. The van der Waals surface area contributed by atoms with E-state index in [0.717, 1.165) is 58.3 Å². The molecule has 0 unspecified atom stereocenters. The second kappa shape index (κ2) is 6.50. The van der Waals surface area contributed by atoms with E-state index < -0.39 is 0 Å². The van der Waals surface area contributed by atoms with Gasteiger partial charge < -0.3 is 9.47 Å². The molecule has 1 aliphatic heterocycles. The van der Waals surface area contributed by atoms with Crippen molar-refractivity contribution in [2.75, 3.05) is 19.8 Å². The quantitative estimate of drug-likeness (QED) is 0.716. The van der Waals surface area contributed by atoms with Gasteiger partial charge in [0.2, 0.25) is 0 Å². The van der Waals surface area contributed by atoms with Gasteiger partial charge in [-0.2, -0.15) is 0 Å². The van der Waals surface area contributed by atoms with E-state index in [2.05, 4.69) is 0 Å². The summed E-state index contributed by atoms with van der Waals surface area (Å²) in [5, 5.41) is 0. The number of ketones is 1. The summed E-state index contributed by atoms with van der Waals surface area (Å²) in [4.78, 5) is 11.9. The van der Waals surface area contributed by atoms with E-state index in [4.69, 9.17) is 9.47 Å². The van der Waals surface area contributed by atoms with E-state index in [0.29, 0.717) is 23.7 Å². The van der Waals surface area contributed by atoms with Crippen molar-refractivity contribution in [1.29, 1.82) is 0 Å². The lowest BCUT2D eigenvalue weighted by atomic mass is 9.77. The molecule has 0 radical (unpaired) electrons. The van der Waals surface area contributed by atoms with Gasteiger partial charge in [-0.3, -0.25) is 4.79 Å². The van der Waals surface area contributed by atoms with Crippen molar-refractivity contribution in [3.8, 4) is 0 Å². The van der Waals surface area contributed by atoms with Gasteiger partial charge in [-0.1, -0.05) is 0 Å². The van der Waals surface area contributed by atoms with Crippen LogP contribution in [0.4, 0.5) is 0 Å². The van der Waals surface area contributed by atoms with Gasteiger partial charge in [-0.05, 0) is 44.4 Å². The lowest BCUT2D eigenvalue weighted by Crippen LogP contribution is -2.33. The van der Waals surface area contributed by atoms with Gasteiger partial charge in [-0.15, -0.1) is 0 Å². The van der Waals surface area contributed by atoms with E-state index in [1.807, 2.05) is 6.92 Å². The average molecular weight is 240 g/mol. The van der Waals surface area contributed by atoms with E-state index in [1.165, 1.54) is 0 Å². The molecule has 0 aromatic heterocycles. The lowest BCUT2D eigenvalue weighted by molar-refractivity contribution is -0.123. The largest absolute Gasteiger partial charge is 0.381 e. The highest BCUT2D eigenvalue weighted by molar-refractivity contribution is 5.79. The number of hydrogen-bond donors (Lipinski definition) is 0. The maximum absolute atomic E-state index is 11.9. The molecule has 17 heavy (non-hydrogen) atoms. The molecule has 2 fully saturated rings. The molecule has 1 aliphatic carbocycles. The first-order valence-corrected chi connectivity index (χ1v) is 6.99. The highest BCUT2D eigenvalue weighted by Gasteiger charge is 2.31. The van der Waals surface area contributed by atoms with Crippen molar-refractivity contribution >= 4 is 5.78 Å². The van der Waals surface area contributed by atoms with E-state index >= 15 is 0 Å². The highest BCUT2D eigenvalue weighted by Crippen LogP contribution is 2.33. The number of hydrogen-bond acceptors (Lipinski definition) is 3. The van der Waals surface area contributed by atoms with E-state index in [-0.39, 0.29) is 0 Å². The number of rotatable bonds is 6. The minimum atomic E-state index is 0.431. The minimum absolute atomic E-state index is 0.431. The second-order valence-corrected chi connectivity index (χ2v) is 5.42. The van der Waals surface area contributed by atoms with Crippen LogP contribution < -0.4 is 0 Å². The highest BCUT2D eigenvalue weighted by atomic mass is 16.5. The van der Waals surface area contributed by atoms with Crippen LogP contribution in [-0.4, -0.2) is 31.7 Å². The molecule has 0 aromatic carbocycles. The summed E-state index contributed by atoms with van der Waals surface area (Å²) >= 11 is 0. The molecule has 3 nitrogen and oxygen atoms in total. The summed E-state index contributed by atoms with van der Waals surface area (Å²) in [6.45, 7) is 4.51. The van der Waals surface area contributed by atoms with Crippen molar-refractivity contribution in [3.05, 3.63) is 0 Å². The third-order valence-corrected chi connectivity index (χ3v) is 3.97. The molecule has 0 atom stereocenters. The third kappa shape index (κ3) is 4.07. The number of Topliss-reactive ketones (excluding diaryl/α,β-unsaturated/α-hetero) is 1. The fourth-order valence-corrected chi connectivity index (χ4v) is 2.89. The predicted octanol–water partition coefficient (Wildman–Crippen LogP) is 2.58. The van der Waals surface area contributed by atoms with Crippen molar-refractivity contribution in [2.45, 2.75) is 51.6 Å². The molecular formula is C14H24O3. The summed E-state index contributed by atoms with van der Waals surface area (Å²) in [6, 6.07) is 0. The molecule has 0 N–H and O–H groups in total. The van der Waals surface area contributed by atoms with Crippen LogP contribution in [-0.2, 0) is 14.3 Å². The first kappa shape index (κ1) is 13.0. The molecule has 2 rings (SSSR count). The van der Waals surface area contributed by atoms with Crippen LogP contribution in [0.1, 0.15) is 45.4 Å². The maximum Gasteiger partial charge on any atom is 0.133 e. The topological polar surface area (TPSA) is 35.5 Å². The predicted molar refractivity (Wildman–Crippen MR) is 65.9 cm³/mol. The van der Waals surface area contributed by atoms with Crippen LogP contribution in [0.25, 0.3) is 0 Å². The Balaban J connectivity index is 1.58. The molecule has 2 aliphatic rings. The Bertz CT molecular complexity index is 240. The Morgan fingerprint density at radius 3 is 2.47 bits per heavy atom. The average Bonchev–Trinajstić information content (AvgIpc) is 2.27. The molecule has 1 heterocycles. The number of carbonyl (C=O) groups excluding carboxylic acids is 1. The van der Waals surface area contributed by atoms with Crippen LogP contribution in [0, 0.1) is 11.8 Å². The zero-order chi connectivity index (χ0) is 12.1. The van der Waals surface area contributed by atoms with E-state index in [1.54, 1.807) is 0 Å². The minimum Gasteiger partial charge on any atom is -0.381 e. The standard InChI is InChI=1S/C14H24O3/c1-2-17-14-9-12(10-14)8-13(15)7-11-3-5-16-6-4-11/h11-12,14H,2-10H2,1H3. The summed E-state index contributed by atoms with van der Waals surface area (Å²) < 4.78 is 10.8. The monoisotopic (exact) mass is 240 g/mol. The van der Waals surface area contributed by atoms with Crippen LogP contribution in [0.3, 0.4) is 0 Å². The summed E-state index contributed by atoms with van der Waals surface area (Å²) in [7, 11) is 0. The normalized spacial score (nSPS) is 29.9. The Morgan fingerprint density at radius 2 is 1.82 bits per heavy atom. The molecule has 0 bridgehead atoms. The van der Waals surface area contributed by atoms with Crippen molar-refractivity contribution in [1.82, 2.24) is 0 Å². The van der Waals surface area contributed by atoms with Gasteiger partial charge in [0.25, 0.3) is 0 Å². The van der Waals surface area contributed by atoms with Crippen LogP contribution in [0.5, 0.6) is 0 Å². The summed E-state index contributed by atoms with van der Waals surface area (Å²) in [6.07, 6.45) is 6.30. The van der Waals surface area contributed by atoms with E-state index in [9.17, 15) is 4.79 Å². The Hall–Kier alpha value is -0.410. The van der Waals surface area contributed by atoms with Crippen LogP contribution in [0.15, 0.2) is 0 Å². The molecule has 0 aromatic rings. The second-order valence-electron chi connectivity index (χ2n) is 5.42. The molecule has 0 spiro atoms. The molecule has 0 amide bonds. The third-order valence-electron chi connectivity index (χ3n) is 3.97. The summed E-state index contributed by atoms with van der Waals surface area (Å²) in [5.74, 6) is 1.63. The maximum atomic E-state index is 11.9. The fraction of sp³-hybridized carbons (Fsp3) is 0.929.